The Morgan fingerprint density at radius 1 is 0.914 bits per heavy atom. The SMILES string of the molecule is Nc1cc(C[C@H](NC(=O)c2c(Cl)cccc2Cl)C(=O)O)ccc1N1CCN(c2ccccc2)CC1. The van der Waals surface area contributed by atoms with Gasteiger partial charge in [0.1, 0.15) is 6.04 Å². The second-order valence-electron chi connectivity index (χ2n) is 8.37. The monoisotopic (exact) mass is 512 g/mol. The van der Waals surface area contributed by atoms with Crippen LogP contribution in [0.1, 0.15) is 15.9 Å². The molecular weight excluding hydrogens is 487 g/mol. The largest absolute Gasteiger partial charge is 0.480 e. The highest BCUT2D eigenvalue weighted by atomic mass is 35.5. The van der Waals surface area contributed by atoms with Crippen LogP contribution in [-0.4, -0.2) is 49.2 Å². The Bertz CT molecular complexity index is 1190. The van der Waals surface area contributed by atoms with Crippen molar-refractivity contribution in [1.29, 1.82) is 0 Å². The van der Waals surface area contributed by atoms with Gasteiger partial charge in [0, 0.05) is 38.3 Å². The predicted molar refractivity (Wildman–Crippen MR) is 141 cm³/mol. The molecule has 0 unspecified atom stereocenters. The molecular formula is C26H26Cl2N4O3. The zero-order chi connectivity index (χ0) is 24.9. The Morgan fingerprint density at radius 2 is 1.54 bits per heavy atom. The summed E-state index contributed by atoms with van der Waals surface area (Å²) in [7, 11) is 0. The minimum absolute atomic E-state index is 0.0478. The molecule has 0 aromatic heterocycles. The molecule has 7 nitrogen and oxygen atoms in total. The number of amides is 1. The molecule has 182 valence electrons. The fourth-order valence-corrected chi connectivity index (χ4v) is 4.81. The van der Waals surface area contributed by atoms with E-state index in [4.69, 9.17) is 28.9 Å². The van der Waals surface area contributed by atoms with Crippen molar-refractivity contribution in [3.63, 3.8) is 0 Å². The maximum atomic E-state index is 12.7. The van der Waals surface area contributed by atoms with E-state index < -0.39 is 17.9 Å². The molecule has 0 bridgehead atoms. The lowest BCUT2D eigenvalue weighted by atomic mass is 10.0. The minimum atomic E-state index is -1.17. The third-order valence-electron chi connectivity index (χ3n) is 6.07. The molecule has 4 N–H and O–H groups in total. The van der Waals surface area contributed by atoms with Crippen molar-refractivity contribution in [3.8, 4) is 0 Å². The van der Waals surface area contributed by atoms with Gasteiger partial charge < -0.3 is 26.0 Å². The third kappa shape index (κ3) is 5.81. The second kappa shape index (κ2) is 10.9. The Morgan fingerprint density at radius 3 is 2.14 bits per heavy atom. The molecule has 1 fully saturated rings. The molecule has 3 aromatic rings. The number of para-hydroxylation sites is 1. The van der Waals surface area contributed by atoms with E-state index in [1.165, 1.54) is 17.8 Å². The van der Waals surface area contributed by atoms with Crippen molar-refractivity contribution in [2.24, 2.45) is 0 Å². The first-order valence-electron chi connectivity index (χ1n) is 11.2. The highest BCUT2D eigenvalue weighted by Gasteiger charge is 2.25. The molecule has 1 amide bonds. The third-order valence-corrected chi connectivity index (χ3v) is 6.70. The number of carboxylic acids is 1. The molecule has 1 atom stereocenters. The van der Waals surface area contributed by atoms with Crippen molar-refractivity contribution in [1.82, 2.24) is 5.32 Å². The number of hydrogen-bond donors (Lipinski definition) is 3. The van der Waals surface area contributed by atoms with E-state index in [2.05, 4.69) is 27.2 Å². The van der Waals surface area contributed by atoms with Gasteiger partial charge >= 0.3 is 5.97 Å². The molecule has 1 heterocycles. The van der Waals surface area contributed by atoms with Crippen LogP contribution in [0, 0.1) is 0 Å². The molecule has 1 aliphatic heterocycles. The van der Waals surface area contributed by atoms with Gasteiger partial charge in [0.05, 0.1) is 27.0 Å². The molecule has 3 aromatic carbocycles. The van der Waals surface area contributed by atoms with Crippen molar-refractivity contribution in [3.05, 3.63) is 87.9 Å². The van der Waals surface area contributed by atoms with Gasteiger partial charge in [-0.25, -0.2) is 4.79 Å². The van der Waals surface area contributed by atoms with E-state index in [0.29, 0.717) is 11.3 Å². The topological polar surface area (TPSA) is 98.9 Å². The summed E-state index contributed by atoms with van der Waals surface area (Å²) in [6.45, 7) is 3.40. The van der Waals surface area contributed by atoms with Crippen molar-refractivity contribution in [2.45, 2.75) is 12.5 Å². The number of hydrogen-bond acceptors (Lipinski definition) is 5. The zero-order valence-corrected chi connectivity index (χ0v) is 20.5. The van der Waals surface area contributed by atoms with Crippen LogP contribution in [0.3, 0.4) is 0 Å². The zero-order valence-electron chi connectivity index (χ0n) is 19.0. The smallest absolute Gasteiger partial charge is 0.326 e. The molecule has 1 saturated heterocycles. The van der Waals surface area contributed by atoms with Crippen LogP contribution in [0.15, 0.2) is 66.7 Å². The molecule has 1 aliphatic rings. The van der Waals surface area contributed by atoms with Gasteiger partial charge in [0.15, 0.2) is 0 Å². The van der Waals surface area contributed by atoms with E-state index >= 15 is 0 Å². The molecule has 0 saturated carbocycles. The van der Waals surface area contributed by atoms with Gasteiger partial charge in [-0.1, -0.05) is 53.5 Å². The van der Waals surface area contributed by atoms with Gasteiger partial charge in [-0.05, 0) is 42.0 Å². The van der Waals surface area contributed by atoms with Crippen LogP contribution in [0.2, 0.25) is 10.0 Å². The number of nitrogens with zero attached hydrogens (tertiary/aromatic N) is 2. The van der Waals surface area contributed by atoms with Gasteiger partial charge in [0.2, 0.25) is 0 Å². The molecule has 0 radical (unpaired) electrons. The van der Waals surface area contributed by atoms with Crippen LogP contribution in [0.25, 0.3) is 0 Å². The number of piperazine rings is 1. The number of halogens is 2. The van der Waals surface area contributed by atoms with Gasteiger partial charge in [-0.2, -0.15) is 0 Å². The summed E-state index contributed by atoms with van der Waals surface area (Å²) in [6, 6.07) is 19.3. The number of carbonyl (C=O) groups is 2. The Labute approximate surface area is 214 Å². The van der Waals surface area contributed by atoms with E-state index in [1.54, 1.807) is 12.1 Å². The molecule has 4 rings (SSSR count). The Kier molecular flexibility index (Phi) is 7.68. The van der Waals surface area contributed by atoms with Crippen molar-refractivity contribution >= 4 is 52.1 Å². The van der Waals surface area contributed by atoms with Gasteiger partial charge in [-0.15, -0.1) is 0 Å². The van der Waals surface area contributed by atoms with Crippen LogP contribution < -0.4 is 20.9 Å². The van der Waals surface area contributed by atoms with E-state index in [-0.39, 0.29) is 22.0 Å². The van der Waals surface area contributed by atoms with Crippen LogP contribution in [0.4, 0.5) is 17.1 Å². The number of nitrogens with one attached hydrogen (secondary N) is 1. The molecule has 9 heteroatoms. The average molecular weight is 513 g/mol. The Balaban J connectivity index is 1.42. The van der Waals surface area contributed by atoms with E-state index in [0.717, 1.165) is 31.9 Å². The molecule has 35 heavy (non-hydrogen) atoms. The molecule has 0 aliphatic carbocycles. The first-order chi connectivity index (χ1) is 16.8. The number of benzene rings is 3. The fraction of sp³-hybridized carbons (Fsp3) is 0.231. The lowest BCUT2D eigenvalue weighted by Gasteiger charge is -2.38. The van der Waals surface area contributed by atoms with E-state index in [9.17, 15) is 14.7 Å². The minimum Gasteiger partial charge on any atom is -0.480 e. The van der Waals surface area contributed by atoms with Gasteiger partial charge in [0.25, 0.3) is 5.91 Å². The lowest BCUT2D eigenvalue weighted by Crippen LogP contribution is -2.46. The maximum absolute atomic E-state index is 12.7. The summed E-state index contributed by atoms with van der Waals surface area (Å²) >= 11 is 12.2. The summed E-state index contributed by atoms with van der Waals surface area (Å²) in [6.07, 6.45) is 0.0649. The average Bonchev–Trinajstić information content (AvgIpc) is 2.84. The summed E-state index contributed by atoms with van der Waals surface area (Å²) in [5.41, 5.74) is 9.80. The number of nitrogens with two attached hydrogens (primary N) is 1. The standard InChI is InChI=1S/C26H26Cl2N4O3/c27-19-7-4-8-20(28)24(19)25(33)30-22(26(34)35)16-17-9-10-23(21(29)15-17)32-13-11-31(12-14-32)18-5-2-1-3-6-18/h1-10,15,22H,11-14,16,29H2,(H,30,33)(H,34,35)/t22-/m0/s1. The number of carbonyl (C=O) groups excluding carboxylic acids is 1. The first-order valence-corrected chi connectivity index (χ1v) is 12.0. The normalized spacial score (nSPS) is 14.5. The predicted octanol–water partition coefficient (Wildman–Crippen LogP) is 4.33. The lowest BCUT2D eigenvalue weighted by molar-refractivity contribution is -0.139. The highest BCUT2D eigenvalue weighted by Crippen LogP contribution is 2.28. The van der Waals surface area contributed by atoms with Gasteiger partial charge in [-0.3, -0.25) is 4.79 Å². The van der Waals surface area contributed by atoms with E-state index in [1.807, 2.05) is 30.3 Å². The molecule has 0 spiro atoms. The summed E-state index contributed by atoms with van der Waals surface area (Å²) in [5, 5.41) is 12.5. The summed E-state index contributed by atoms with van der Waals surface area (Å²) < 4.78 is 0. The van der Waals surface area contributed by atoms with Crippen LogP contribution >= 0.6 is 23.2 Å². The summed E-state index contributed by atoms with van der Waals surface area (Å²) in [5.74, 6) is -1.81. The number of nitrogen functional groups attached to an aromatic ring is 1. The van der Waals surface area contributed by atoms with Crippen LogP contribution in [0.5, 0.6) is 0 Å². The van der Waals surface area contributed by atoms with Crippen molar-refractivity contribution < 1.29 is 14.7 Å². The first kappa shape index (κ1) is 24.7. The fourth-order valence-electron chi connectivity index (χ4n) is 4.24. The quantitative estimate of drug-likeness (QED) is 0.407. The number of carboxylic acid groups (broad SMARTS) is 1. The maximum Gasteiger partial charge on any atom is 0.326 e. The van der Waals surface area contributed by atoms with Crippen molar-refractivity contribution in [2.75, 3.05) is 41.7 Å². The Hall–Kier alpha value is -3.42. The second-order valence-corrected chi connectivity index (χ2v) is 9.18. The number of aliphatic carboxylic acids is 1. The van der Waals surface area contributed by atoms with Crippen LogP contribution in [-0.2, 0) is 11.2 Å². The highest BCUT2D eigenvalue weighted by molar-refractivity contribution is 6.39. The number of anilines is 3. The summed E-state index contributed by atoms with van der Waals surface area (Å²) in [4.78, 5) is 29.1. The number of rotatable bonds is 7.